The zero-order chi connectivity index (χ0) is 10.4. The molecule has 0 heterocycles. The van der Waals surface area contributed by atoms with Gasteiger partial charge in [0, 0.05) is 0 Å². The molecule has 0 aliphatic heterocycles. The molecule has 1 atom stereocenters. The maximum Gasteiger partial charge on any atom is 0.316 e. The SMILES string of the molecule is COC(=O)[C@H](C=O)Cc1ccccc1. The molecule has 1 aromatic rings. The van der Waals surface area contributed by atoms with Crippen LogP contribution in [0.2, 0.25) is 0 Å². The number of methoxy groups -OCH3 is 1. The first kappa shape index (κ1) is 10.4. The van der Waals surface area contributed by atoms with Crippen molar-refractivity contribution in [2.75, 3.05) is 7.11 Å². The molecule has 0 saturated heterocycles. The molecule has 74 valence electrons. The Morgan fingerprint density at radius 1 is 1.43 bits per heavy atom. The zero-order valence-electron chi connectivity index (χ0n) is 7.97. The number of benzene rings is 1. The second-order valence-corrected chi connectivity index (χ2v) is 2.96. The summed E-state index contributed by atoms with van der Waals surface area (Å²) < 4.78 is 4.51. The molecular weight excluding hydrogens is 180 g/mol. The van der Waals surface area contributed by atoms with Gasteiger partial charge in [0.15, 0.2) is 0 Å². The third-order valence-corrected chi connectivity index (χ3v) is 1.97. The topological polar surface area (TPSA) is 43.4 Å². The minimum atomic E-state index is -0.692. The lowest BCUT2D eigenvalue weighted by atomic mass is 10.0. The van der Waals surface area contributed by atoms with Crippen LogP contribution in [0.15, 0.2) is 30.3 Å². The molecule has 0 bridgehead atoms. The normalized spacial score (nSPS) is 11.8. The molecule has 14 heavy (non-hydrogen) atoms. The predicted octanol–water partition coefficient (Wildman–Crippen LogP) is 1.22. The number of hydrogen-bond acceptors (Lipinski definition) is 3. The molecule has 1 aromatic carbocycles. The third kappa shape index (κ3) is 2.69. The van der Waals surface area contributed by atoms with Gasteiger partial charge < -0.3 is 9.53 Å². The fourth-order valence-electron chi connectivity index (χ4n) is 1.21. The number of aldehydes is 1. The van der Waals surface area contributed by atoms with Gasteiger partial charge in [-0.1, -0.05) is 30.3 Å². The van der Waals surface area contributed by atoms with Crippen LogP contribution in [0.1, 0.15) is 5.56 Å². The molecule has 1 rings (SSSR count). The summed E-state index contributed by atoms with van der Waals surface area (Å²) in [5, 5.41) is 0. The van der Waals surface area contributed by atoms with Crippen LogP contribution in [0.25, 0.3) is 0 Å². The van der Waals surface area contributed by atoms with Gasteiger partial charge in [-0.2, -0.15) is 0 Å². The smallest absolute Gasteiger partial charge is 0.316 e. The largest absolute Gasteiger partial charge is 0.468 e. The van der Waals surface area contributed by atoms with E-state index in [9.17, 15) is 9.59 Å². The first-order valence-electron chi connectivity index (χ1n) is 4.35. The maximum absolute atomic E-state index is 11.1. The van der Waals surface area contributed by atoms with Crippen LogP contribution in [0.3, 0.4) is 0 Å². The van der Waals surface area contributed by atoms with E-state index in [0.29, 0.717) is 12.7 Å². The van der Waals surface area contributed by atoms with Crippen LogP contribution in [0.5, 0.6) is 0 Å². The molecule has 0 amide bonds. The van der Waals surface area contributed by atoms with Crippen LogP contribution in [-0.2, 0) is 20.7 Å². The fourth-order valence-corrected chi connectivity index (χ4v) is 1.21. The fraction of sp³-hybridized carbons (Fsp3) is 0.273. The highest BCUT2D eigenvalue weighted by Gasteiger charge is 2.18. The van der Waals surface area contributed by atoms with Gasteiger partial charge in [0.1, 0.15) is 12.2 Å². The van der Waals surface area contributed by atoms with Crippen molar-refractivity contribution in [3.63, 3.8) is 0 Å². The van der Waals surface area contributed by atoms with Crippen molar-refractivity contribution in [1.82, 2.24) is 0 Å². The lowest BCUT2D eigenvalue weighted by Gasteiger charge is -2.07. The lowest BCUT2D eigenvalue weighted by molar-refractivity contribution is -0.146. The summed E-state index contributed by atoms with van der Waals surface area (Å²) in [6.07, 6.45) is 1.02. The second kappa shape index (κ2) is 5.17. The van der Waals surface area contributed by atoms with E-state index in [0.717, 1.165) is 5.56 Å². The lowest BCUT2D eigenvalue weighted by Crippen LogP contribution is -2.19. The van der Waals surface area contributed by atoms with Crippen LogP contribution < -0.4 is 0 Å². The van der Waals surface area contributed by atoms with Crippen LogP contribution in [0, 0.1) is 5.92 Å². The summed E-state index contributed by atoms with van der Waals surface area (Å²) in [5.41, 5.74) is 0.954. The molecule has 0 spiro atoms. The van der Waals surface area contributed by atoms with Crippen molar-refractivity contribution < 1.29 is 14.3 Å². The van der Waals surface area contributed by atoms with Gasteiger partial charge in [0.25, 0.3) is 0 Å². The molecular formula is C11H12O3. The van der Waals surface area contributed by atoms with Crippen molar-refractivity contribution in [2.45, 2.75) is 6.42 Å². The quantitative estimate of drug-likeness (QED) is 0.409. The molecule has 0 aliphatic carbocycles. The van der Waals surface area contributed by atoms with E-state index < -0.39 is 11.9 Å². The van der Waals surface area contributed by atoms with E-state index in [-0.39, 0.29) is 0 Å². The second-order valence-electron chi connectivity index (χ2n) is 2.96. The van der Waals surface area contributed by atoms with Gasteiger partial charge in [-0.05, 0) is 12.0 Å². The highest BCUT2D eigenvalue weighted by molar-refractivity contribution is 5.87. The Morgan fingerprint density at radius 3 is 2.57 bits per heavy atom. The molecule has 3 nitrogen and oxygen atoms in total. The van der Waals surface area contributed by atoms with E-state index >= 15 is 0 Å². The summed E-state index contributed by atoms with van der Waals surface area (Å²) in [6, 6.07) is 9.37. The minimum absolute atomic E-state index is 0.400. The molecule has 3 heteroatoms. The average Bonchev–Trinajstić information content (AvgIpc) is 2.26. The summed E-state index contributed by atoms with van der Waals surface area (Å²) in [7, 11) is 1.28. The molecule has 0 aliphatic rings. The average molecular weight is 192 g/mol. The zero-order valence-corrected chi connectivity index (χ0v) is 7.97. The van der Waals surface area contributed by atoms with Gasteiger partial charge in [-0.3, -0.25) is 4.79 Å². The molecule has 0 radical (unpaired) electrons. The Labute approximate surface area is 82.7 Å². The molecule has 0 unspecified atom stereocenters. The molecule has 0 aromatic heterocycles. The first-order valence-corrected chi connectivity index (χ1v) is 4.35. The van der Waals surface area contributed by atoms with Crippen molar-refractivity contribution >= 4 is 12.3 Å². The standard InChI is InChI=1S/C11H12O3/c1-14-11(13)10(8-12)7-9-5-3-2-4-6-9/h2-6,8,10H,7H2,1H3/t10-/m0/s1. The van der Waals surface area contributed by atoms with Crippen LogP contribution in [-0.4, -0.2) is 19.4 Å². The Balaban J connectivity index is 2.66. The van der Waals surface area contributed by atoms with Crippen molar-refractivity contribution in [2.24, 2.45) is 5.92 Å². The van der Waals surface area contributed by atoms with Crippen LogP contribution >= 0.6 is 0 Å². The number of carbonyl (C=O) groups is 2. The van der Waals surface area contributed by atoms with E-state index in [1.165, 1.54) is 7.11 Å². The van der Waals surface area contributed by atoms with Crippen molar-refractivity contribution in [3.05, 3.63) is 35.9 Å². The first-order chi connectivity index (χ1) is 6.77. The molecule has 0 N–H and O–H groups in total. The highest BCUT2D eigenvalue weighted by atomic mass is 16.5. The molecule has 0 saturated carbocycles. The van der Waals surface area contributed by atoms with E-state index in [4.69, 9.17) is 0 Å². The maximum atomic E-state index is 11.1. The van der Waals surface area contributed by atoms with E-state index in [1.807, 2.05) is 30.3 Å². The number of carbonyl (C=O) groups excluding carboxylic acids is 2. The number of ether oxygens (including phenoxy) is 1. The summed E-state index contributed by atoms with van der Waals surface area (Å²) in [4.78, 5) is 21.7. The molecule has 0 fully saturated rings. The summed E-state index contributed by atoms with van der Waals surface area (Å²) in [5.74, 6) is -1.17. The number of hydrogen-bond donors (Lipinski definition) is 0. The monoisotopic (exact) mass is 192 g/mol. The van der Waals surface area contributed by atoms with Gasteiger partial charge >= 0.3 is 5.97 Å². The van der Waals surface area contributed by atoms with Gasteiger partial charge in [0.05, 0.1) is 7.11 Å². The van der Waals surface area contributed by atoms with Crippen LogP contribution in [0.4, 0.5) is 0 Å². The minimum Gasteiger partial charge on any atom is -0.468 e. The third-order valence-electron chi connectivity index (χ3n) is 1.97. The predicted molar refractivity (Wildman–Crippen MR) is 51.7 cm³/mol. The number of esters is 1. The van der Waals surface area contributed by atoms with E-state index in [2.05, 4.69) is 4.74 Å². The Morgan fingerprint density at radius 2 is 2.07 bits per heavy atom. The van der Waals surface area contributed by atoms with E-state index in [1.54, 1.807) is 0 Å². The Hall–Kier alpha value is -1.64. The summed E-state index contributed by atoms with van der Waals surface area (Å²) in [6.45, 7) is 0. The number of rotatable bonds is 4. The van der Waals surface area contributed by atoms with Gasteiger partial charge in [-0.25, -0.2) is 0 Å². The Kier molecular flexibility index (Phi) is 3.85. The Bertz CT molecular complexity index is 306. The van der Waals surface area contributed by atoms with Crippen molar-refractivity contribution in [1.29, 1.82) is 0 Å². The highest BCUT2D eigenvalue weighted by Crippen LogP contribution is 2.07. The summed E-state index contributed by atoms with van der Waals surface area (Å²) >= 11 is 0. The van der Waals surface area contributed by atoms with Crippen molar-refractivity contribution in [3.8, 4) is 0 Å². The van der Waals surface area contributed by atoms with Gasteiger partial charge in [-0.15, -0.1) is 0 Å². The van der Waals surface area contributed by atoms with Gasteiger partial charge in [0.2, 0.25) is 0 Å².